The maximum Gasteiger partial charge on any atom is 0.410 e. The summed E-state index contributed by atoms with van der Waals surface area (Å²) in [6.07, 6.45) is 1.33. The fourth-order valence-corrected chi connectivity index (χ4v) is 8.09. The maximum absolute atomic E-state index is 12.9. The number of thiophene rings is 1. The molecule has 0 saturated carbocycles. The van der Waals surface area contributed by atoms with Crippen molar-refractivity contribution in [3.63, 3.8) is 0 Å². The lowest BCUT2D eigenvalue weighted by Gasteiger charge is -2.35. The predicted molar refractivity (Wildman–Crippen MR) is 116 cm³/mol. The van der Waals surface area contributed by atoms with Crippen molar-refractivity contribution >= 4 is 55.2 Å². The highest BCUT2D eigenvalue weighted by atomic mass is 35.5. The number of amides is 1. The van der Waals surface area contributed by atoms with Crippen LogP contribution < -0.4 is 4.72 Å². The number of carbonyl (C=O) groups excluding carboxylic acids is 1. The van der Waals surface area contributed by atoms with E-state index >= 15 is 0 Å². The molecule has 1 amide bonds. The van der Waals surface area contributed by atoms with E-state index in [0.29, 0.717) is 29.2 Å². The molecule has 0 spiro atoms. The summed E-state index contributed by atoms with van der Waals surface area (Å²) in [4.78, 5) is 14.0. The highest BCUT2D eigenvalue weighted by molar-refractivity contribution is 7.95. The van der Waals surface area contributed by atoms with E-state index in [1.165, 1.54) is 21.9 Å². The molecule has 1 aliphatic heterocycles. The molecule has 2 atom stereocenters. The van der Waals surface area contributed by atoms with Crippen molar-refractivity contribution < 1.29 is 30.9 Å². The zero-order valence-corrected chi connectivity index (χ0v) is 20.5. The predicted octanol–water partition coefficient (Wildman–Crippen LogP) is 2.02. The van der Waals surface area contributed by atoms with Gasteiger partial charge in [0.05, 0.1) is 32.0 Å². The summed E-state index contributed by atoms with van der Waals surface area (Å²) in [6.45, 7) is 3.75. The van der Waals surface area contributed by atoms with E-state index in [1.807, 2.05) is 0 Å². The van der Waals surface area contributed by atoms with Gasteiger partial charge in [0.25, 0.3) is 0 Å². The zero-order valence-electron chi connectivity index (χ0n) is 17.3. The van der Waals surface area contributed by atoms with Crippen LogP contribution in [0.3, 0.4) is 0 Å². The van der Waals surface area contributed by atoms with Gasteiger partial charge in [-0.1, -0.05) is 0 Å². The smallest absolute Gasteiger partial charge is 0.410 e. The minimum atomic E-state index is -3.95. The van der Waals surface area contributed by atoms with Crippen LogP contribution in [0.1, 0.15) is 38.3 Å². The number of sulfone groups is 1. The van der Waals surface area contributed by atoms with Crippen molar-refractivity contribution in [3.8, 4) is 0 Å². The van der Waals surface area contributed by atoms with Gasteiger partial charge in [0.2, 0.25) is 6.34 Å². The Bertz CT molecular complexity index is 1020. The number of carbonyl (C=O) groups is 1. The first-order chi connectivity index (χ1) is 14.0. The van der Waals surface area contributed by atoms with Crippen LogP contribution in [0.5, 0.6) is 0 Å². The topological polar surface area (TPSA) is 113 Å². The van der Waals surface area contributed by atoms with Crippen LogP contribution in [0.15, 0.2) is 14.5 Å². The Morgan fingerprint density at radius 3 is 2.70 bits per heavy atom. The van der Waals surface area contributed by atoms with Crippen molar-refractivity contribution in [3.05, 3.63) is 11.6 Å². The second-order valence-corrected chi connectivity index (χ2v) is 13.0. The lowest BCUT2D eigenvalue weighted by atomic mass is 10.0. The van der Waals surface area contributed by atoms with E-state index < -0.39 is 37.2 Å². The number of hydrogen-bond acceptors (Lipinski definition) is 7. The van der Waals surface area contributed by atoms with Crippen molar-refractivity contribution in [2.24, 2.45) is 0 Å². The Balaban J connectivity index is 2.49. The van der Waals surface area contributed by atoms with Gasteiger partial charge >= 0.3 is 16.1 Å². The summed E-state index contributed by atoms with van der Waals surface area (Å²) in [5, 5.41) is -0.768. The molecule has 1 N–H and O–H groups in total. The molecule has 0 aliphatic carbocycles. The lowest BCUT2D eigenvalue weighted by Crippen LogP contribution is -2.40. The largest absolute Gasteiger partial charge is 0.449 e. The molecule has 13 heteroatoms. The van der Waals surface area contributed by atoms with Gasteiger partial charge in [-0.05, 0) is 32.8 Å². The Morgan fingerprint density at radius 1 is 1.47 bits per heavy atom. The summed E-state index contributed by atoms with van der Waals surface area (Å²) in [7, 11) is -4.35. The number of hydrogen-bond donors (Lipinski definition) is 1. The molecule has 30 heavy (non-hydrogen) atoms. The zero-order chi connectivity index (χ0) is 22.7. The third-order valence-corrected chi connectivity index (χ3v) is 10.5. The van der Waals surface area contributed by atoms with Gasteiger partial charge in [0.15, 0.2) is 14.0 Å². The van der Waals surface area contributed by atoms with Crippen LogP contribution in [0.2, 0.25) is 0 Å². The maximum atomic E-state index is 12.9. The number of rotatable bonds is 8. The molecular formula is C17H27ClN3O6S3+. The number of fused-ring (bicyclic) bond motifs is 1. The van der Waals surface area contributed by atoms with E-state index in [9.17, 15) is 21.6 Å². The van der Waals surface area contributed by atoms with Gasteiger partial charge in [-0.25, -0.2) is 13.2 Å². The molecule has 0 radical (unpaired) electrons. The van der Waals surface area contributed by atoms with Crippen LogP contribution >= 0.6 is 22.9 Å². The van der Waals surface area contributed by atoms with Gasteiger partial charge in [-0.3, -0.25) is 4.58 Å². The normalized spacial score (nSPS) is 20.2. The van der Waals surface area contributed by atoms with Gasteiger partial charge in [-0.2, -0.15) is 13.1 Å². The van der Waals surface area contributed by atoms with Crippen molar-refractivity contribution in [1.29, 1.82) is 0 Å². The van der Waals surface area contributed by atoms with Crippen molar-refractivity contribution in [2.75, 3.05) is 33.1 Å². The number of ether oxygens (including phenoxy) is 1. The van der Waals surface area contributed by atoms with Crippen LogP contribution in [-0.4, -0.2) is 77.1 Å². The standard InChI is InChI=1S/C17H26ClN3O6S3/c1-5-21(17(22)27-8-6-7-18)14-9-12(2)29(23,24)16-13(14)10-15(28-16)30(25,26)19-11-20(3)4/h10-12,14H,5-9H2,1-4H3/p+1/t12?,14-/m0/s1. The number of sulfonamides is 1. The average Bonchev–Trinajstić information content (AvgIpc) is 3.13. The second kappa shape index (κ2) is 9.84. The summed E-state index contributed by atoms with van der Waals surface area (Å²) in [6, 6.07) is 0.735. The first kappa shape index (κ1) is 24.9. The molecule has 170 valence electrons. The molecule has 0 fully saturated rings. The number of nitrogens with one attached hydrogen (secondary N) is 1. The first-order valence-electron chi connectivity index (χ1n) is 9.34. The van der Waals surface area contributed by atoms with Gasteiger partial charge in [0.1, 0.15) is 4.21 Å². The molecule has 9 nitrogen and oxygen atoms in total. The van der Waals surface area contributed by atoms with Crippen LogP contribution in [-0.2, 0) is 24.6 Å². The molecule has 2 heterocycles. The minimum absolute atomic E-state index is 0.0245. The van der Waals surface area contributed by atoms with E-state index in [2.05, 4.69) is 4.72 Å². The molecule has 1 unspecified atom stereocenters. The van der Waals surface area contributed by atoms with Crippen molar-refractivity contribution in [1.82, 2.24) is 9.62 Å². The average molecular weight is 501 g/mol. The quantitative estimate of drug-likeness (QED) is 0.192. The number of alkyl halides is 1. The molecule has 1 aliphatic rings. The molecular weight excluding hydrogens is 474 g/mol. The first-order valence-corrected chi connectivity index (χ1v) is 13.7. The van der Waals surface area contributed by atoms with E-state index in [0.717, 1.165) is 0 Å². The molecule has 0 aromatic carbocycles. The number of nitrogens with zero attached hydrogens (tertiary/aromatic N) is 2. The van der Waals surface area contributed by atoms with Crippen molar-refractivity contribution in [2.45, 2.75) is 46.4 Å². The minimum Gasteiger partial charge on any atom is -0.449 e. The van der Waals surface area contributed by atoms with E-state index in [1.54, 1.807) is 27.9 Å². The van der Waals surface area contributed by atoms with Crippen LogP contribution in [0, 0.1) is 0 Å². The second-order valence-electron chi connectivity index (χ2n) is 7.07. The summed E-state index contributed by atoms with van der Waals surface area (Å²) < 4.78 is 59.9. The third-order valence-electron chi connectivity index (χ3n) is 4.59. The van der Waals surface area contributed by atoms with Gasteiger partial charge in [-0.15, -0.1) is 22.9 Å². The molecule has 2 rings (SSSR count). The van der Waals surface area contributed by atoms with Gasteiger partial charge in [0, 0.05) is 18.0 Å². The summed E-state index contributed by atoms with van der Waals surface area (Å²) in [5.74, 6) is 0.352. The highest BCUT2D eigenvalue weighted by Crippen LogP contribution is 2.45. The Kier molecular flexibility index (Phi) is 8.16. The fraction of sp³-hybridized carbons (Fsp3) is 0.647. The monoisotopic (exact) mass is 500 g/mol. The Labute approximate surface area is 186 Å². The number of halogens is 1. The fourth-order valence-electron chi connectivity index (χ4n) is 3.01. The SMILES string of the molecule is CCN(C(=O)OCCCCl)[C@H]1CC(C)S(=O)(=O)c2sc(S(=O)(=O)NC=[N+](C)C)cc21. The molecule has 0 bridgehead atoms. The Morgan fingerprint density at radius 2 is 2.13 bits per heavy atom. The molecule has 1 aromatic rings. The van der Waals surface area contributed by atoms with Crippen LogP contribution in [0.25, 0.3) is 0 Å². The van der Waals surface area contributed by atoms with E-state index in [4.69, 9.17) is 16.3 Å². The third kappa shape index (κ3) is 5.27. The lowest BCUT2D eigenvalue weighted by molar-refractivity contribution is -0.460. The Hall–Kier alpha value is -1.37. The highest BCUT2D eigenvalue weighted by Gasteiger charge is 2.43. The van der Waals surface area contributed by atoms with E-state index in [-0.39, 0.29) is 28.0 Å². The summed E-state index contributed by atoms with van der Waals surface area (Å²) >= 11 is 6.31. The molecule has 0 saturated heterocycles. The van der Waals surface area contributed by atoms with Crippen LogP contribution in [0.4, 0.5) is 4.79 Å². The summed E-state index contributed by atoms with van der Waals surface area (Å²) in [5.41, 5.74) is 0.305. The van der Waals surface area contributed by atoms with Gasteiger partial charge < -0.3 is 9.64 Å². The molecule has 1 aromatic heterocycles.